The van der Waals surface area contributed by atoms with Gasteiger partial charge in [-0.2, -0.15) is 0 Å². The summed E-state index contributed by atoms with van der Waals surface area (Å²) in [4.78, 5) is 24.0. The molecular formula is C15H18N2O4. The lowest BCUT2D eigenvalue weighted by molar-refractivity contribution is -0.384. The monoisotopic (exact) mass is 290 g/mol. The number of hydrogen-bond acceptors (Lipinski definition) is 4. The van der Waals surface area contributed by atoms with Crippen LogP contribution in [0.3, 0.4) is 0 Å². The number of carbonyl (C=O) groups excluding carboxylic acids is 1. The first-order chi connectivity index (χ1) is 9.95. The first-order valence-electron chi connectivity index (χ1n) is 6.82. The van der Waals surface area contributed by atoms with Gasteiger partial charge in [0, 0.05) is 31.3 Å². The molecule has 1 aliphatic rings. The van der Waals surface area contributed by atoms with Gasteiger partial charge in [0.25, 0.3) is 5.69 Å². The summed E-state index contributed by atoms with van der Waals surface area (Å²) >= 11 is 0. The van der Waals surface area contributed by atoms with Crippen molar-refractivity contribution in [3.05, 3.63) is 46.0 Å². The van der Waals surface area contributed by atoms with E-state index in [0.717, 1.165) is 5.56 Å². The molecule has 1 aromatic rings. The lowest BCUT2D eigenvalue weighted by Gasteiger charge is -2.34. The summed E-state index contributed by atoms with van der Waals surface area (Å²) in [5.74, 6) is -0.0737. The zero-order valence-electron chi connectivity index (χ0n) is 12.1. The molecule has 0 aliphatic carbocycles. The van der Waals surface area contributed by atoms with Crippen LogP contribution in [0.2, 0.25) is 0 Å². The van der Waals surface area contributed by atoms with Crippen molar-refractivity contribution >= 4 is 17.7 Å². The Labute approximate surface area is 123 Å². The molecule has 2 rings (SSSR count). The first kappa shape index (κ1) is 15.2. The van der Waals surface area contributed by atoms with Gasteiger partial charge in [-0.3, -0.25) is 14.9 Å². The van der Waals surface area contributed by atoms with Crippen molar-refractivity contribution in [2.24, 2.45) is 0 Å². The van der Waals surface area contributed by atoms with E-state index < -0.39 is 4.92 Å². The Hall–Kier alpha value is -2.21. The third-order valence-corrected chi connectivity index (χ3v) is 3.25. The molecular weight excluding hydrogens is 272 g/mol. The largest absolute Gasteiger partial charge is 0.372 e. The topological polar surface area (TPSA) is 72.7 Å². The quantitative estimate of drug-likeness (QED) is 0.486. The molecule has 0 aromatic heterocycles. The molecule has 112 valence electrons. The summed E-state index contributed by atoms with van der Waals surface area (Å²) in [6.45, 7) is 5.04. The second-order valence-electron chi connectivity index (χ2n) is 5.18. The number of non-ortho nitro benzene ring substituents is 1. The maximum atomic E-state index is 12.1. The fourth-order valence-electron chi connectivity index (χ4n) is 2.34. The SMILES string of the molecule is C[C@H]1CN(C(=O)/C=C/c2ccc([N+](=O)[O-])cc2)C[C@H](C)O1. The van der Waals surface area contributed by atoms with Gasteiger partial charge in [-0.05, 0) is 37.6 Å². The molecule has 0 bridgehead atoms. The summed E-state index contributed by atoms with van der Waals surface area (Å²) in [7, 11) is 0. The Morgan fingerprint density at radius 1 is 1.29 bits per heavy atom. The van der Waals surface area contributed by atoms with E-state index in [1.54, 1.807) is 23.1 Å². The first-order valence-corrected chi connectivity index (χ1v) is 6.82. The van der Waals surface area contributed by atoms with Gasteiger partial charge >= 0.3 is 0 Å². The van der Waals surface area contributed by atoms with E-state index in [1.807, 2.05) is 13.8 Å². The highest BCUT2D eigenvalue weighted by atomic mass is 16.6. The smallest absolute Gasteiger partial charge is 0.269 e. The lowest BCUT2D eigenvalue weighted by Crippen LogP contribution is -2.47. The molecule has 0 unspecified atom stereocenters. The van der Waals surface area contributed by atoms with Crippen LogP contribution in [0.5, 0.6) is 0 Å². The number of benzene rings is 1. The Kier molecular flexibility index (Phi) is 4.70. The number of rotatable bonds is 3. The maximum Gasteiger partial charge on any atom is 0.269 e. The van der Waals surface area contributed by atoms with E-state index in [2.05, 4.69) is 0 Å². The third kappa shape index (κ3) is 4.13. The molecule has 1 saturated heterocycles. The van der Waals surface area contributed by atoms with Crippen LogP contribution in [0.25, 0.3) is 6.08 Å². The minimum Gasteiger partial charge on any atom is -0.372 e. The number of nitro benzene ring substituents is 1. The zero-order chi connectivity index (χ0) is 15.4. The van der Waals surface area contributed by atoms with Crippen LogP contribution in [-0.2, 0) is 9.53 Å². The highest BCUT2D eigenvalue weighted by Gasteiger charge is 2.24. The minimum atomic E-state index is -0.449. The molecule has 1 amide bonds. The van der Waals surface area contributed by atoms with Gasteiger partial charge in [-0.1, -0.05) is 0 Å². The van der Waals surface area contributed by atoms with E-state index in [0.29, 0.717) is 13.1 Å². The second-order valence-corrected chi connectivity index (χ2v) is 5.18. The molecule has 1 aromatic carbocycles. The van der Waals surface area contributed by atoms with Gasteiger partial charge in [0.1, 0.15) is 0 Å². The Balaban J connectivity index is 1.99. The number of amides is 1. The molecule has 0 radical (unpaired) electrons. The Morgan fingerprint density at radius 3 is 2.38 bits per heavy atom. The van der Waals surface area contributed by atoms with E-state index in [-0.39, 0.29) is 23.8 Å². The average Bonchev–Trinajstić information content (AvgIpc) is 2.44. The Morgan fingerprint density at radius 2 is 1.86 bits per heavy atom. The van der Waals surface area contributed by atoms with Crippen molar-refractivity contribution < 1.29 is 14.5 Å². The van der Waals surface area contributed by atoms with Crippen LogP contribution in [-0.4, -0.2) is 41.0 Å². The predicted molar refractivity (Wildman–Crippen MR) is 78.7 cm³/mol. The standard InChI is InChI=1S/C15H18N2O4/c1-11-9-16(10-12(2)21-11)15(18)8-5-13-3-6-14(7-4-13)17(19)20/h3-8,11-12H,9-10H2,1-2H3/b8-5+/t11-,12-/m0/s1. The van der Waals surface area contributed by atoms with E-state index in [4.69, 9.17) is 4.74 Å². The maximum absolute atomic E-state index is 12.1. The van der Waals surface area contributed by atoms with Crippen molar-refractivity contribution in [2.45, 2.75) is 26.1 Å². The summed E-state index contributed by atoms with van der Waals surface area (Å²) in [5, 5.41) is 10.6. The van der Waals surface area contributed by atoms with Gasteiger partial charge in [0.2, 0.25) is 5.91 Å². The fourth-order valence-corrected chi connectivity index (χ4v) is 2.34. The van der Waals surface area contributed by atoms with Gasteiger partial charge in [0.05, 0.1) is 17.1 Å². The van der Waals surface area contributed by atoms with Gasteiger partial charge in [-0.25, -0.2) is 0 Å². The van der Waals surface area contributed by atoms with E-state index in [1.165, 1.54) is 18.2 Å². The number of carbonyl (C=O) groups is 1. The van der Waals surface area contributed by atoms with Crippen LogP contribution in [0.15, 0.2) is 30.3 Å². The van der Waals surface area contributed by atoms with Gasteiger partial charge in [0.15, 0.2) is 0 Å². The zero-order valence-corrected chi connectivity index (χ0v) is 12.1. The summed E-state index contributed by atoms with van der Waals surface area (Å²) in [6, 6.07) is 6.07. The molecule has 1 fully saturated rings. The second kappa shape index (κ2) is 6.49. The number of ether oxygens (including phenoxy) is 1. The average molecular weight is 290 g/mol. The van der Waals surface area contributed by atoms with E-state index >= 15 is 0 Å². The molecule has 6 heteroatoms. The number of hydrogen-bond donors (Lipinski definition) is 0. The van der Waals surface area contributed by atoms with Crippen molar-refractivity contribution in [1.82, 2.24) is 4.90 Å². The van der Waals surface area contributed by atoms with Crippen LogP contribution in [0, 0.1) is 10.1 Å². The molecule has 0 N–H and O–H groups in total. The Bertz CT molecular complexity index is 543. The van der Waals surface area contributed by atoms with Gasteiger partial charge in [-0.15, -0.1) is 0 Å². The van der Waals surface area contributed by atoms with Crippen molar-refractivity contribution in [2.75, 3.05) is 13.1 Å². The van der Waals surface area contributed by atoms with E-state index in [9.17, 15) is 14.9 Å². The number of morpholine rings is 1. The highest BCUT2D eigenvalue weighted by Crippen LogP contribution is 2.14. The summed E-state index contributed by atoms with van der Waals surface area (Å²) in [5.41, 5.74) is 0.789. The van der Waals surface area contributed by atoms with Crippen molar-refractivity contribution in [3.8, 4) is 0 Å². The van der Waals surface area contributed by atoms with Gasteiger partial charge < -0.3 is 9.64 Å². The fraction of sp³-hybridized carbons (Fsp3) is 0.400. The molecule has 21 heavy (non-hydrogen) atoms. The van der Waals surface area contributed by atoms with Crippen LogP contribution in [0.4, 0.5) is 5.69 Å². The van der Waals surface area contributed by atoms with Crippen molar-refractivity contribution in [1.29, 1.82) is 0 Å². The van der Waals surface area contributed by atoms with Crippen LogP contribution < -0.4 is 0 Å². The highest BCUT2D eigenvalue weighted by molar-refractivity contribution is 5.91. The van der Waals surface area contributed by atoms with Crippen molar-refractivity contribution in [3.63, 3.8) is 0 Å². The third-order valence-electron chi connectivity index (χ3n) is 3.25. The number of nitro groups is 1. The molecule has 2 atom stereocenters. The molecule has 6 nitrogen and oxygen atoms in total. The molecule has 1 aliphatic heterocycles. The van der Waals surface area contributed by atoms with Crippen LogP contribution in [0.1, 0.15) is 19.4 Å². The summed E-state index contributed by atoms with van der Waals surface area (Å²) < 4.78 is 5.58. The normalized spacial score (nSPS) is 22.5. The lowest BCUT2D eigenvalue weighted by atomic mass is 10.2. The number of nitrogens with zero attached hydrogens (tertiary/aromatic N) is 2. The minimum absolute atomic E-state index is 0.0328. The molecule has 0 spiro atoms. The molecule has 1 heterocycles. The molecule has 0 saturated carbocycles. The predicted octanol–water partition coefficient (Wildman–Crippen LogP) is 2.24. The summed E-state index contributed by atoms with van der Waals surface area (Å²) in [6.07, 6.45) is 3.22. The van der Waals surface area contributed by atoms with Crippen LogP contribution >= 0.6 is 0 Å².